The number of hydrogen-bond acceptors (Lipinski definition) is 2. The van der Waals surface area contributed by atoms with Crippen molar-refractivity contribution in [3.05, 3.63) is 24.5 Å². The Morgan fingerprint density at radius 2 is 2.14 bits per heavy atom. The Morgan fingerprint density at radius 3 is 2.64 bits per heavy atom. The van der Waals surface area contributed by atoms with Gasteiger partial charge in [0, 0.05) is 6.92 Å². The largest absolute Gasteiger partial charge is 0.435 e. The molecule has 2 heteroatoms. The van der Waals surface area contributed by atoms with E-state index < -0.39 is 0 Å². The van der Waals surface area contributed by atoms with Crippen LogP contribution in [0.5, 0.6) is 0 Å². The monoisotopic (exact) mass is 196 g/mol. The van der Waals surface area contributed by atoms with Gasteiger partial charge in [0.15, 0.2) is 0 Å². The van der Waals surface area contributed by atoms with Crippen molar-refractivity contribution in [2.75, 3.05) is 0 Å². The second kappa shape index (κ2) is 7.36. The van der Waals surface area contributed by atoms with E-state index in [1.807, 2.05) is 13.0 Å². The molecule has 1 atom stereocenters. The number of esters is 1. The van der Waals surface area contributed by atoms with Gasteiger partial charge in [-0.1, -0.05) is 13.0 Å². The fourth-order valence-corrected chi connectivity index (χ4v) is 1.12. The molecule has 0 aliphatic heterocycles. The Bertz CT molecular complexity index is 216. The van der Waals surface area contributed by atoms with Gasteiger partial charge in [0.2, 0.25) is 0 Å². The highest BCUT2D eigenvalue weighted by Gasteiger charge is 2.00. The summed E-state index contributed by atoms with van der Waals surface area (Å²) in [5, 5.41) is 0. The first-order chi connectivity index (χ1) is 6.56. The molecule has 0 aliphatic carbocycles. The van der Waals surface area contributed by atoms with E-state index in [1.165, 1.54) is 6.92 Å². The average Bonchev–Trinajstić information content (AvgIpc) is 2.12. The number of carbonyl (C=O) groups excluding carboxylic acids is 1. The van der Waals surface area contributed by atoms with Crippen LogP contribution in [0.2, 0.25) is 0 Å². The first-order valence-electron chi connectivity index (χ1n) is 5.00. The zero-order valence-electron chi connectivity index (χ0n) is 9.38. The summed E-state index contributed by atoms with van der Waals surface area (Å²) in [5.41, 5.74) is 1.11. The van der Waals surface area contributed by atoms with Gasteiger partial charge in [0.25, 0.3) is 0 Å². The van der Waals surface area contributed by atoms with Crippen LogP contribution in [0.1, 0.15) is 40.0 Å². The van der Waals surface area contributed by atoms with E-state index in [0.29, 0.717) is 5.92 Å². The summed E-state index contributed by atoms with van der Waals surface area (Å²) >= 11 is 0. The van der Waals surface area contributed by atoms with Crippen molar-refractivity contribution < 1.29 is 9.53 Å². The summed E-state index contributed by atoms with van der Waals surface area (Å²) in [7, 11) is 0. The minimum absolute atomic E-state index is 0.261. The average molecular weight is 196 g/mol. The van der Waals surface area contributed by atoms with Gasteiger partial charge in [0.05, 0.1) is 6.26 Å². The second-order valence-corrected chi connectivity index (χ2v) is 3.74. The first-order valence-corrected chi connectivity index (χ1v) is 5.00. The lowest BCUT2D eigenvalue weighted by molar-refractivity contribution is -0.135. The molecule has 0 heterocycles. The topological polar surface area (TPSA) is 26.3 Å². The van der Waals surface area contributed by atoms with Gasteiger partial charge in [-0.25, -0.2) is 0 Å². The van der Waals surface area contributed by atoms with Crippen LogP contribution >= 0.6 is 0 Å². The van der Waals surface area contributed by atoms with Crippen LogP contribution in [0.25, 0.3) is 0 Å². The van der Waals surface area contributed by atoms with E-state index in [1.54, 1.807) is 6.26 Å². The molecule has 0 radical (unpaired) electrons. The van der Waals surface area contributed by atoms with Crippen LogP contribution < -0.4 is 0 Å². The molecule has 0 spiro atoms. The van der Waals surface area contributed by atoms with Gasteiger partial charge in [-0.3, -0.25) is 4.79 Å². The fourth-order valence-electron chi connectivity index (χ4n) is 1.12. The number of allylic oxidation sites excluding steroid dienone is 2. The molecule has 0 aromatic heterocycles. The molecule has 14 heavy (non-hydrogen) atoms. The molecule has 0 saturated carbocycles. The summed E-state index contributed by atoms with van der Waals surface area (Å²) in [6.07, 6.45) is 6.61. The Morgan fingerprint density at radius 1 is 1.50 bits per heavy atom. The molecule has 0 saturated heterocycles. The van der Waals surface area contributed by atoms with Crippen LogP contribution in [-0.4, -0.2) is 5.97 Å². The zero-order chi connectivity index (χ0) is 11.0. The highest BCUT2D eigenvalue weighted by molar-refractivity contribution is 5.66. The third-order valence-electron chi connectivity index (χ3n) is 2.03. The lowest BCUT2D eigenvalue weighted by atomic mass is 9.99. The molecule has 0 bridgehead atoms. The van der Waals surface area contributed by atoms with E-state index >= 15 is 0 Å². The van der Waals surface area contributed by atoms with E-state index in [2.05, 4.69) is 13.5 Å². The Labute approximate surface area is 86.6 Å². The third kappa shape index (κ3) is 7.59. The van der Waals surface area contributed by atoms with Gasteiger partial charge in [-0.2, -0.15) is 0 Å². The van der Waals surface area contributed by atoms with E-state index in [-0.39, 0.29) is 5.97 Å². The van der Waals surface area contributed by atoms with Crippen molar-refractivity contribution in [2.24, 2.45) is 5.92 Å². The summed E-state index contributed by atoms with van der Waals surface area (Å²) in [6, 6.07) is 0. The van der Waals surface area contributed by atoms with E-state index in [9.17, 15) is 4.79 Å². The second-order valence-electron chi connectivity index (χ2n) is 3.74. The van der Waals surface area contributed by atoms with Crippen molar-refractivity contribution in [1.29, 1.82) is 0 Å². The maximum absolute atomic E-state index is 10.5. The normalized spacial score (nSPS) is 13.5. The lowest BCUT2D eigenvalue weighted by Gasteiger charge is -2.07. The van der Waals surface area contributed by atoms with Crippen molar-refractivity contribution in [2.45, 2.75) is 40.0 Å². The number of carbonyl (C=O) groups is 1. The van der Waals surface area contributed by atoms with Crippen LogP contribution in [0.15, 0.2) is 24.5 Å². The highest BCUT2D eigenvalue weighted by atomic mass is 16.5. The summed E-state index contributed by atoms with van der Waals surface area (Å²) in [6.45, 7) is 9.28. The quantitative estimate of drug-likeness (QED) is 0.369. The molecular formula is C12H20O2. The zero-order valence-corrected chi connectivity index (χ0v) is 9.38. The molecular weight excluding hydrogens is 176 g/mol. The van der Waals surface area contributed by atoms with Crippen LogP contribution in [0, 0.1) is 5.92 Å². The van der Waals surface area contributed by atoms with Gasteiger partial charge < -0.3 is 4.74 Å². The smallest absolute Gasteiger partial charge is 0.307 e. The van der Waals surface area contributed by atoms with E-state index in [4.69, 9.17) is 4.74 Å². The molecule has 1 unspecified atom stereocenters. The SMILES string of the molecule is C=CCC(C)CCC(C)=COC(C)=O. The number of ether oxygens (including phenoxy) is 1. The molecule has 80 valence electrons. The summed E-state index contributed by atoms with van der Waals surface area (Å²) < 4.78 is 4.77. The minimum atomic E-state index is -0.261. The standard InChI is InChI=1S/C12H20O2/c1-5-6-10(2)7-8-11(3)9-14-12(4)13/h5,9-10H,1,6-8H2,2-4H3. The molecule has 0 aliphatic rings. The molecule has 0 aromatic rings. The van der Waals surface area contributed by atoms with Gasteiger partial charge in [0.1, 0.15) is 0 Å². The molecule has 2 nitrogen and oxygen atoms in total. The Hall–Kier alpha value is -1.05. The maximum atomic E-state index is 10.5. The minimum Gasteiger partial charge on any atom is -0.435 e. The lowest BCUT2D eigenvalue weighted by Crippen LogP contribution is -1.95. The molecule has 0 fully saturated rings. The van der Waals surface area contributed by atoms with E-state index in [0.717, 1.165) is 24.8 Å². The highest BCUT2D eigenvalue weighted by Crippen LogP contribution is 2.14. The predicted octanol–water partition coefficient (Wildman–Crippen LogP) is 3.45. The Kier molecular flexibility index (Phi) is 6.81. The van der Waals surface area contributed by atoms with Gasteiger partial charge in [-0.05, 0) is 37.7 Å². The van der Waals surface area contributed by atoms with Gasteiger partial charge in [-0.15, -0.1) is 6.58 Å². The third-order valence-corrected chi connectivity index (χ3v) is 2.03. The van der Waals surface area contributed by atoms with Crippen molar-refractivity contribution in [3.63, 3.8) is 0 Å². The fraction of sp³-hybridized carbons (Fsp3) is 0.583. The van der Waals surface area contributed by atoms with Crippen molar-refractivity contribution in [3.8, 4) is 0 Å². The van der Waals surface area contributed by atoms with Crippen molar-refractivity contribution >= 4 is 5.97 Å². The number of hydrogen-bond donors (Lipinski definition) is 0. The van der Waals surface area contributed by atoms with Crippen LogP contribution in [0.4, 0.5) is 0 Å². The first kappa shape index (κ1) is 12.9. The summed E-state index contributed by atoms with van der Waals surface area (Å²) in [5.74, 6) is 0.386. The van der Waals surface area contributed by atoms with Crippen LogP contribution in [0.3, 0.4) is 0 Å². The molecule has 0 rings (SSSR count). The van der Waals surface area contributed by atoms with Crippen molar-refractivity contribution in [1.82, 2.24) is 0 Å². The van der Waals surface area contributed by atoms with Crippen LogP contribution in [-0.2, 0) is 9.53 Å². The summed E-state index contributed by atoms with van der Waals surface area (Å²) in [4.78, 5) is 10.5. The molecule has 0 N–H and O–H groups in total. The maximum Gasteiger partial charge on any atom is 0.307 e. The predicted molar refractivity (Wildman–Crippen MR) is 58.7 cm³/mol. The molecule has 0 amide bonds. The Balaban J connectivity index is 3.71. The number of rotatable bonds is 6. The molecule has 0 aromatic carbocycles. The van der Waals surface area contributed by atoms with Gasteiger partial charge >= 0.3 is 5.97 Å².